The third-order valence-corrected chi connectivity index (χ3v) is 2.75. The Morgan fingerprint density at radius 3 is 2.88 bits per heavy atom. The van der Waals surface area contributed by atoms with Gasteiger partial charge in [-0.25, -0.2) is 0 Å². The molecule has 0 unspecified atom stereocenters. The highest BCUT2D eigenvalue weighted by Crippen LogP contribution is 2.16. The van der Waals surface area contributed by atoms with Crippen molar-refractivity contribution in [2.24, 2.45) is 0 Å². The molecule has 0 saturated heterocycles. The van der Waals surface area contributed by atoms with Gasteiger partial charge in [0.15, 0.2) is 0 Å². The summed E-state index contributed by atoms with van der Waals surface area (Å²) < 4.78 is 0. The minimum absolute atomic E-state index is 1.03. The predicted octanol–water partition coefficient (Wildman–Crippen LogP) is 2.78. The molecule has 0 aliphatic rings. The summed E-state index contributed by atoms with van der Waals surface area (Å²) in [4.78, 5) is 4.28. The van der Waals surface area contributed by atoms with Crippen molar-refractivity contribution < 1.29 is 0 Å². The van der Waals surface area contributed by atoms with Crippen LogP contribution in [0.3, 0.4) is 0 Å². The molecule has 2 heteroatoms. The van der Waals surface area contributed by atoms with Crippen LogP contribution in [0.2, 0.25) is 0 Å². The van der Waals surface area contributed by atoms with Gasteiger partial charge in [-0.3, -0.25) is 4.98 Å². The van der Waals surface area contributed by atoms with Crippen LogP contribution in [-0.2, 0) is 6.42 Å². The first-order valence-electron chi connectivity index (χ1n) is 5.94. The standard InChI is InChI=1S/C14H18N2/c1-2-8-15-9-7-13-11-16-10-12-5-3-4-6-14(12)13/h3-6,10-11,15H,2,7-9H2,1H3. The first-order chi connectivity index (χ1) is 7.92. The van der Waals surface area contributed by atoms with Crippen molar-refractivity contribution in [3.63, 3.8) is 0 Å². The van der Waals surface area contributed by atoms with E-state index in [9.17, 15) is 0 Å². The van der Waals surface area contributed by atoms with Crippen molar-refractivity contribution in [3.8, 4) is 0 Å². The summed E-state index contributed by atoms with van der Waals surface area (Å²) in [5.41, 5.74) is 1.33. The van der Waals surface area contributed by atoms with Crippen LogP contribution in [0.1, 0.15) is 18.9 Å². The number of hydrogen-bond donors (Lipinski definition) is 1. The molecule has 0 radical (unpaired) electrons. The maximum Gasteiger partial charge on any atom is 0.0346 e. The molecule has 0 amide bonds. The SMILES string of the molecule is CCCNCCc1cncc2ccccc12. The third-order valence-electron chi connectivity index (χ3n) is 2.75. The predicted molar refractivity (Wildman–Crippen MR) is 68.6 cm³/mol. The topological polar surface area (TPSA) is 24.9 Å². The van der Waals surface area contributed by atoms with E-state index in [-0.39, 0.29) is 0 Å². The largest absolute Gasteiger partial charge is 0.316 e. The summed E-state index contributed by atoms with van der Waals surface area (Å²) in [6, 6.07) is 8.44. The molecule has 2 rings (SSSR count). The molecule has 2 aromatic rings. The van der Waals surface area contributed by atoms with Gasteiger partial charge in [0.05, 0.1) is 0 Å². The normalized spacial score (nSPS) is 10.8. The molecule has 1 N–H and O–H groups in total. The van der Waals surface area contributed by atoms with E-state index in [2.05, 4.69) is 41.5 Å². The van der Waals surface area contributed by atoms with E-state index in [0.717, 1.165) is 19.5 Å². The van der Waals surface area contributed by atoms with Gasteiger partial charge in [0.2, 0.25) is 0 Å². The fraction of sp³-hybridized carbons (Fsp3) is 0.357. The van der Waals surface area contributed by atoms with E-state index in [1.807, 2.05) is 12.4 Å². The maximum atomic E-state index is 4.28. The van der Waals surface area contributed by atoms with Crippen LogP contribution in [0.15, 0.2) is 36.7 Å². The first kappa shape index (κ1) is 11.1. The number of nitrogens with zero attached hydrogens (tertiary/aromatic N) is 1. The van der Waals surface area contributed by atoms with E-state index < -0.39 is 0 Å². The molecular weight excluding hydrogens is 196 g/mol. The minimum atomic E-state index is 1.03. The van der Waals surface area contributed by atoms with Gasteiger partial charge in [0.25, 0.3) is 0 Å². The van der Waals surface area contributed by atoms with Gasteiger partial charge in [0, 0.05) is 17.8 Å². The van der Waals surface area contributed by atoms with Crippen LogP contribution in [0.25, 0.3) is 10.8 Å². The molecule has 16 heavy (non-hydrogen) atoms. The second-order valence-electron chi connectivity index (χ2n) is 4.02. The average molecular weight is 214 g/mol. The fourth-order valence-electron chi connectivity index (χ4n) is 1.90. The Bertz CT molecular complexity index is 446. The molecule has 0 aliphatic carbocycles. The monoisotopic (exact) mass is 214 g/mol. The molecule has 0 aliphatic heterocycles. The molecule has 0 fully saturated rings. The number of fused-ring (bicyclic) bond motifs is 1. The summed E-state index contributed by atoms with van der Waals surface area (Å²) in [5, 5.41) is 5.98. The smallest absolute Gasteiger partial charge is 0.0346 e. The number of hydrogen-bond acceptors (Lipinski definition) is 2. The Balaban J connectivity index is 2.11. The lowest BCUT2D eigenvalue weighted by atomic mass is 10.1. The molecular formula is C14H18N2. The summed E-state index contributed by atoms with van der Waals surface area (Å²) in [5.74, 6) is 0. The van der Waals surface area contributed by atoms with Gasteiger partial charge < -0.3 is 5.32 Å². The van der Waals surface area contributed by atoms with Crippen LogP contribution in [0, 0.1) is 0 Å². The van der Waals surface area contributed by atoms with Crippen molar-refractivity contribution in [2.75, 3.05) is 13.1 Å². The summed E-state index contributed by atoms with van der Waals surface area (Å²) in [6.45, 7) is 4.31. The van der Waals surface area contributed by atoms with Gasteiger partial charge in [0.1, 0.15) is 0 Å². The van der Waals surface area contributed by atoms with Crippen molar-refractivity contribution in [3.05, 3.63) is 42.2 Å². The quantitative estimate of drug-likeness (QED) is 0.774. The molecule has 0 saturated carbocycles. The number of benzene rings is 1. The van der Waals surface area contributed by atoms with Crippen LogP contribution in [0.4, 0.5) is 0 Å². The zero-order valence-electron chi connectivity index (χ0n) is 9.74. The second-order valence-corrected chi connectivity index (χ2v) is 4.02. The summed E-state index contributed by atoms with van der Waals surface area (Å²) in [7, 11) is 0. The molecule has 2 nitrogen and oxygen atoms in total. The van der Waals surface area contributed by atoms with Crippen molar-refractivity contribution >= 4 is 10.8 Å². The van der Waals surface area contributed by atoms with E-state index >= 15 is 0 Å². The van der Waals surface area contributed by atoms with Crippen LogP contribution >= 0.6 is 0 Å². The van der Waals surface area contributed by atoms with Crippen molar-refractivity contribution in [1.82, 2.24) is 10.3 Å². The molecule has 1 aromatic heterocycles. The van der Waals surface area contributed by atoms with E-state index in [4.69, 9.17) is 0 Å². The molecule has 0 spiro atoms. The molecule has 0 atom stereocenters. The number of rotatable bonds is 5. The fourth-order valence-corrected chi connectivity index (χ4v) is 1.90. The van der Waals surface area contributed by atoms with Gasteiger partial charge in [-0.1, -0.05) is 31.2 Å². The third kappa shape index (κ3) is 2.58. The molecule has 1 aromatic carbocycles. The minimum Gasteiger partial charge on any atom is -0.316 e. The van der Waals surface area contributed by atoms with Crippen molar-refractivity contribution in [2.45, 2.75) is 19.8 Å². The molecule has 84 valence electrons. The Hall–Kier alpha value is -1.41. The van der Waals surface area contributed by atoms with Crippen LogP contribution in [-0.4, -0.2) is 18.1 Å². The summed E-state index contributed by atoms with van der Waals surface area (Å²) in [6.07, 6.45) is 6.15. The zero-order valence-corrected chi connectivity index (χ0v) is 9.74. The van der Waals surface area contributed by atoms with Crippen molar-refractivity contribution in [1.29, 1.82) is 0 Å². The van der Waals surface area contributed by atoms with Gasteiger partial charge in [-0.05, 0) is 36.9 Å². The average Bonchev–Trinajstić information content (AvgIpc) is 2.35. The van der Waals surface area contributed by atoms with E-state index in [1.54, 1.807) is 0 Å². The molecule has 0 bridgehead atoms. The summed E-state index contributed by atoms with van der Waals surface area (Å²) >= 11 is 0. The first-order valence-corrected chi connectivity index (χ1v) is 5.94. The highest BCUT2D eigenvalue weighted by Gasteiger charge is 2.00. The lowest BCUT2D eigenvalue weighted by molar-refractivity contribution is 0.672. The van der Waals surface area contributed by atoms with Gasteiger partial charge in [-0.2, -0.15) is 0 Å². The Kier molecular flexibility index (Phi) is 3.89. The highest BCUT2D eigenvalue weighted by atomic mass is 14.8. The van der Waals surface area contributed by atoms with Crippen LogP contribution in [0.5, 0.6) is 0 Å². The van der Waals surface area contributed by atoms with E-state index in [0.29, 0.717) is 0 Å². The lowest BCUT2D eigenvalue weighted by Gasteiger charge is -2.06. The Morgan fingerprint density at radius 1 is 1.12 bits per heavy atom. The zero-order chi connectivity index (χ0) is 11.2. The molecule has 1 heterocycles. The lowest BCUT2D eigenvalue weighted by Crippen LogP contribution is -2.17. The van der Waals surface area contributed by atoms with Crippen LogP contribution < -0.4 is 5.32 Å². The van der Waals surface area contributed by atoms with E-state index in [1.165, 1.54) is 22.8 Å². The van der Waals surface area contributed by atoms with Gasteiger partial charge >= 0.3 is 0 Å². The number of aromatic nitrogens is 1. The Labute approximate surface area is 96.7 Å². The highest BCUT2D eigenvalue weighted by molar-refractivity contribution is 5.84. The number of pyridine rings is 1. The van der Waals surface area contributed by atoms with Gasteiger partial charge in [-0.15, -0.1) is 0 Å². The second kappa shape index (κ2) is 5.61. The Morgan fingerprint density at radius 2 is 2.00 bits per heavy atom. The maximum absolute atomic E-state index is 4.28. The number of nitrogens with one attached hydrogen (secondary N) is 1.